The minimum Gasteiger partial charge on any atom is -0.372 e. The van der Waals surface area contributed by atoms with Gasteiger partial charge in [-0.3, -0.25) is 9.59 Å². The third-order valence-electron chi connectivity index (χ3n) is 4.93. The summed E-state index contributed by atoms with van der Waals surface area (Å²) >= 11 is 0. The monoisotopic (exact) mass is 379 g/mol. The highest BCUT2D eigenvalue weighted by atomic mass is 16.2. The van der Waals surface area contributed by atoms with E-state index in [1.165, 1.54) is 24.9 Å². The van der Waals surface area contributed by atoms with Gasteiger partial charge in [-0.2, -0.15) is 0 Å². The third-order valence-corrected chi connectivity index (χ3v) is 4.93. The quantitative estimate of drug-likeness (QED) is 0.786. The Hall–Kier alpha value is -2.82. The van der Waals surface area contributed by atoms with Crippen LogP contribution in [0, 0.1) is 5.92 Å². The molecule has 148 valence electrons. The minimum absolute atomic E-state index is 0.117. The molecule has 1 saturated heterocycles. The van der Waals surface area contributed by atoms with Gasteiger partial charge in [0.05, 0.1) is 0 Å². The molecule has 0 saturated carbocycles. The Morgan fingerprint density at radius 1 is 0.857 bits per heavy atom. The van der Waals surface area contributed by atoms with Crippen LogP contribution < -0.4 is 15.5 Å². The van der Waals surface area contributed by atoms with Crippen molar-refractivity contribution in [2.75, 3.05) is 29.9 Å². The summed E-state index contributed by atoms with van der Waals surface area (Å²) in [4.78, 5) is 26.9. The van der Waals surface area contributed by atoms with Crippen molar-refractivity contribution in [2.45, 2.75) is 33.1 Å². The predicted molar refractivity (Wildman–Crippen MR) is 114 cm³/mol. The summed E-state index contributed by atoms with van der Waals surface area (Å²) in [5.74, 6) is 0.101. The van der Waals surface area contributed by atoms with E-state index >= 15 is 0 Å². The Balaban J connectivity index is 1.57. The highest BCUT2D eigenvalue weighted by molar-refractivity contribution is 6.05. The third kappa shape index (κ3) is 5.35. The second-order valence-corrected chi connectivity index (χ2v) is 7.73. The van der Waals surface area contributed by atoms with Crippen LogP contribution in [0.2, 0.25) is 0 Å². The Kier molecular flexibility index (Phi) is 6.69. The normalized spacial score (nSPS) is 14.0. The molecule has 5 heteroatoms. The first-order chi connectivity index (χ1) is 13.5. The average molecular weight is 380 g/mol. The van der Waals surface area contributed by atoms with Crippen LogP contribution >= 0.6 is 0 Å². The first kappa shape index (κ1) is 19.9. The van der Waals surface area contributed by atoms with Gasteiger partial charge >= 0.3 is 0 Å². The summed E-state index contributed by atoms with van der Waals surface area (Å²) in [5, 5.41) is 5.79. The molecule has 0 aliphatic carbocycles. The lowest BCUT2D eigenvalue weighted by atomic mass is 10.1. The van der Waals surface area contributed by atoms with Crippen molar-refractivity contribution in [3.05, 3.63) is 59.7 Å². The number of rotatable bonds is 6. The molecular weight excluding hydrogens is 350 g/mol. The van der Waals surface area contributed by atoms with E-state index in [1.54, 1.807) is 24.3 Å². The highest BCUT2D eigenvalue weighted by Crippen LogP contribution is 2.22. The topological polar surface area (TPSA) is 61.4 Å². The summed E-state index contributed by atoms with van der Waals surface area (Å²) in [6, 6.07) is 14.7. The van der Waals surface area contributed by atoms with Crippen molar-refractivity contribution in [3.63, 3.8) is 0 Å². The first-order valence-electron chi connectivity index (χ1n) is 10.1. The largest absolute Gasteiger partial charge is 0.372 e. The van der Waals surface area contributed by atoms with Gasteiger partial charge in [0.25, 0.3) is 11.8 Å². The van der Waals surface area contributed by atoms with Crippen LogP contribution in [0.4, 0.5) is 11.4 Å². The number of benzene rings is 2. The number of hydrogen-bond donors (Lipinski definition) is 2. The molecule has 0 atom stereocenters. The number of carbonyl (C=O) groups is 2. The fourth-order valence-corrected chi connectivity index (χ4v) is 3.28. The number of nitrogens with zero attached hydrogens (tertiary/aromatic N) is 1. The van der Waals surface area contributed by atoms with Crippen LogP contribution in [-0.2, 0) is 0 Å². The van der Waals surface area contributed by atoms with Gasteiger partial charge in [-0.25, -0.2) is 0 Å². The van der Waals surface area contributed by atoms with Crippen molar-refractivity contribution >= 4 is 23.2 Å². The van der Waals surface area contributed by atoms with Crippen LogP contribution in [0.3, 0.4) is 0 Å². The lowest BCUT2D eigenvalue weighted by Crippen LogP contribution is -2.29. The Morgan fingerprint density at radius 2 is 1.43 bits per heavy atom. The zero-order chi connectivity index (χ0) is 19.9. The number of anilines is 2. The Morgan fingerprint density at radius 3 is 2.00 bits per heavy atom. The summed E-state index contributed by atoms with van der Waals surface area (Å²) in [5.41, 5.74) is 3.06. The van der Waals surface area contributed by atoms with E-state index in [9.17, 15) is 9.59 Å². The molecule has 3 rings (SSSR count). The highest BCUT2D eigenvalue weighted by Gasteiger charge is 2.12. The number of amides is 2. The first-order valence-corrected chi connectivity index (χ1v) is 10.1. The van der Waals surface area contributed by atoms with Crippen LogP contribution in [0.25, 0.3) is 0 Å². The molecular formula is C23H29N3O2. The molecule has 2 aromatic carbocycles. The standard InChI is InChI=1S/C23H29N3O2/c1-17(2)16-24-22(27)18-6-8-19(9-7-18)23(28)25-20-10-12-21(13-11-20)26-14-4-3-5-15-26/h6-13,17H,3-5,14-16H2,1-2H3,(H,24,27)(H,25,28). The summed E-state index contributed by atoms with van der Waals surface area (Å²) < 4.78 is 0. The van der Waals surface area contributed by atoms with E-state index in [4.69, 9.17) is 0 Å². The van der Waals surface area contributed by atoms with E-state index in [0.717, 1.165) is 18.8 Å². The van der Waals surface area contributed by atoms with Gasteiger partial charge in [-0.15, -0.1) is 0 Å². The van der Waals surface area contributed by atoms with Gasteiger partial charge in [0.1, 0.15) is 0 Å². The molecule has 1 aliphatic heterocycles. The maximum absolute atomic E-state index is 12.5. The fraction of sp³-hybridized carbons (Fsp3) is 0.391. The van der Waals surface area contributed by atoms with Gasteiger partial charge in [-0.1, -0.05) is 13.8 Å². The van der Waals surface area contributed by atoms with Gasteiger partial charge in [0, 0.05) is 42.1 Å². The van der Waals surface area contributed by atoms with Crippen LogP contribution in [0.5, 0.6) is 0 Å². The molecule has 1 heterocycles. The number of carbonyl (C=O) groups excluding carboxylic acids is 2. The van der Waals surface area contributed by atoms with E-state index in [-0.39, 0.29) is 11.8 Å². The van der Waals surface area contributed by atoms with Gasteiger partial charge in [-0.05, 0) is 73.7 Å². The lowest BCUT2D eigenvalue weighted by Gasteiger charge is -2.28. The van der Waals surface area contributed by atoms with Crippen LogP contribution in [-0.4, -0.2) is 31.4 Å². The molecule has 0 unspecified atom stereocenters. The SMILES string of the molecule is CC(C)CNC(=O)c1ccc(C(=O)Nc2ccc(N3CCCCC3)cc2)cc1. The van der Waals surface area contributed by atoms with Crippen molar-refractivity contribution < 1.29 is 9.59 Å². The van der Waals surface area contributed by atoms with Gasteiger partial charge < -0.3 is 15.5 Å². The van der Waals surface area contributed by atoms with Crippen molar-refractivity contribution in [2.24, 2.45) is 5.92 Å². The molecule has 1 fully saturated rings. The van der Waals surface area contributed by atoms with Crippen molar-refractivity contribution in [1.29, 1.82) is 0 Å². The smallest absolute Gasteiger partial charge is 0.255 e. The molecule has 0 aromatic heterocycles. The van der Waals surface area contributed by atoms with Crippen LogP contribution in [0.1, 0.15) is 53.8 Å². The molecule has 0 radical (unpaired) electrons. The van der Waals surface area contributed by atoms with E-state index in [1.807, 2.05) is 26.0 Å². The van der Waals surface area contributed by atoms with E-state index in [2.05, 4.69) is 27.7 Å². The fourth-order valence-electron chi connectivity index (χ4n) is 3.28. The number of piperidine rings is 1. The molecule has 1 aliphatic rings. The number of nitrogens with one attached hydrogen (secondary N) is 2. The zero-order valence-electron chi connectivity index (χ0n) is 16.7. The molecule has 28 heavy (non-hydrogen) atoms. The molecule has 2 aromatic rings. The van der Waals surface area contributed by atoms with E-state index in [0.29, 0.717) is 23.6 Å². The minimum atomic E-state index is -0.181. The van der Waals surface area contributed by atoms with Crippen molar-refractivity contribution in [1.82, 2.24) is 5.32 Å². The maximum atomic E-state index is 12.5. The molecule has 2 N–H and O–H groups in total. The molecule has 5 nitrogen and oxygen atoms in total. The summed E-state index contributed by atoms with van der Waals surface area (Å²) in [7, 11) is 0. The molecule has 0 spiro atoms. The number of hydrogen-bond acceptors (Lipinski definition) is 3. The molecule has 0 bridgehead atoms. The zero-order valence-corrected chi connectivity index (χ0v) is 16.7. The average Bonchev–Trinajstić information content (AvgIpc) is 2.73. The summed E-state index contributed by atoms with van der Waals surface area (Å²) in [6.45, 7) is 6.93. The maximum Gasteiger partial charge on any atom is 0.255 e. The lowest BCUT2D eigenvalue weighted by molar-refractivity contribution is 0.0947. The van der Waals surface area contributed by atoms with E-state index < -0.39 is 0 Å². The second-order valence-electron chi connectivity index (χ2n) is 7.73. The summed E-state index contributed by atoms with van der Waals surface area (Å²) in [6.07, 6.45) is 3.79. The second kappa shape index (κ2) is 9.40. The Bertz CT molecular complexity index is 792. The molecule has 2 amide bonds. The van der Waals surface area contributed by atoms with Crippen LogP contribution in [0.15, 0.2) is 48.5 Å². The van der Waals surface area contributed by atoms with Gasteiger partial charge in [0.2, 0.25) is 0 Å². The Labute approximate surface area is 167 Å². The van der Waals surface area contributed by atoms with Gasteiger partial charge in [0.15, 0.2) is 0 Å². The van der Waals surface area contributed by atoms with Crippen molar-refractivity contribution in [3.8, 4) is 0 Å². The predicted octanol–water partition coefficient (Wildman–Crippen LogP) is 4.32.